The van der Waals surface area contributed by atoms with Crippen LogP contribution in [0.3, 0.4) is 0 Å². The maximum atomic E-state index is 13.0. The number of carbonyl (C=O) groups is 1. The average Bonchev–Trinajstić information content (AvgIpc) is 2.79. The van der Waals surface area contributed by atoms with Crippen molar-refractivity contribution in [2.24, 2.45) is 5.92 Å². The molecule has 178 valence electrons. The number of rotatable bonds is 6. The monoisotopic (exact) mass is 480 g/mol. The molecule has 2 aromatic carbocycles. The zero-order valence-electron chi connectivity index (χ0n) is 17.8. The minimum Gasteiger partial charge on any atom is -0.428 e. The highest BCUT2D eigenvalue weighted by atomic mass is 19.3. The Hall–Kier alpha value is -3.75. The van der Waals surface area contributed by atoms with Crippen molar-refractivity contribution in [2.75, 3.05) is 0 Å². The topological polar surface area (TPSA) is 35.5 Å². The van der Waals surface area contributed by atoms with E-state index >= 15 is 0 Å². The summed E-state index contributed by atoms with van der Waals surface area (Å²) < 4.78 is 83.2. The number of carbonyl (C=O) groups excluding carboxylic acids is 1. The molecule has 0 N–H and O–H groups in total. The van der Waals surface area contributed by atoms with Crippen LogP contribution in [0.25, 0.3) is 12.2 Å². The molecule has 1 unspecified atom stereocenters. The van der Waals surface area contributed by atoms with Gasteiger partial charge in [0.15, 0.2) is 5.78 Å². The van der Waals surface area contributed by atoms with Crippen molar-refractivity contribution in [1.29, 1.82) is 0 Å². The van der Waals surface area contributed by atoms with Crippen molar-refractivity contribution >= 4 is 17.9 Å². The fraction of sp³-hybridized carbons (Fsp3) is 0.160. The van der Waals surface area contributed by atoms with Crippen molar-refractivity contribution < 1.29 is 40.6 Å². The highest BCUT2D eigenvalue weighted by Gasteiger charge is 2.25. The van der Waals surface area contributed by atoms with Gasteiger partial charge in [0.05, 0.1) is 0 Å². The van der Waals surface area contributed by atoms with E-state index in [1.165, 1.54) is 48.5 Å². The van der Waals surface area contributed by atoms with Crippen LogP contribution in [0.2, 0.25) is 0 Å². The molecule has 0 spiro atoms. The Morgan fingerprint density at radius 2 is 1.06 bits per heavy atom. The number of allylic oxidation sites excluding steroid dienone is 2. The molecule has 9 heteroatoms. The summed E-state index contributed by atoms with van der Waals surface area (Å²) in [5.41, 5.74) is 2.27. The van der Waals surface area contributed by atoms with Crippen LogP contribution in [0, 0.1) is 5.92 Å². The number of ketones is 1. The van der Waals surface area contributed by atoms with Gasteiger partial charge in [-0.05, 0) is 66.3 Å². The number of Topliss-reactive ketones (excluding diaryl/α,β-unsaturated/α-hetero) is 1. The zero-order valence-corrected chi connectivity index (χ0v) is 17.8. The second-order valence-corrected chi connectivity index (χ2v) is 7.59. The van der Waals surface area contributed by atoms with Crippen LogP contribution < -0.4 is 9.47 Å². The zero-order chi connectivity index (χ0) is 24.8. The molecular weight excluding hydrogens is 462 g/mol. The van der Waals surface area contributed by atoms with Gasteiger partial charge in [-0.25, -0.2) is 0 Å². The Kier molecular flexibility index (Phi) is 7.99. The third-order valence-electron chi connectivity index (χ3n) is 4.87. The average molecular weight is 480 g/mol. The van der Waals surface area contributed by atoms with Gasteiger partial charge in [-0.1, -0.05) is 31.2 Å². The second-order valence-electron chi connectivity index (χ2n) is 7.59. The van der Waals surface area contributed by atoms with E-state index in [1.54, 1.807) is 12.2 Å². The Morgan fingerprint density at radius 1 is 0.706 bits per heavy atom. The van der Waals surface area contributed by atoms with Gasteiger partial charge in [0.1, 0.15) is 11.5 Å². The molecule has 0 aromatic heterocycles. The Bertz CT molecular complexity index is 1080. The Balaban J connectivity index is 1.77. The number of benzene rings is 2. The summed E-state index contributed by atoms with van der Waals surface area (Å²) in [6.07, 6.45) is -0.762. The number of hydrogen-bond acceptors (Lipinski definition) is 3. The SMILES string of the molecule is CC1C/C(=C/c2ccc(OC(F)=C(F)F)cc2)C(=O)/C(=C/c2ccc(OC(F)=C(F)F)cc2)C1. The van der Waals surface area contributed by atoms with Crippen LogP contribution in [0.1, 0.15) is 30.9 Å². The first-order valence-corrected chi connectivity index (χ1v) is 10.1. The second kappa shape index (κ2) is 10.9. The van der Waals surface area contributed by atoms with Crippen LogP contribution in [0.4, 0.5) is 26.3 Å². The standard InChI is InChI=1S/C25H18F6O3/c1-14-10-17(12-15-2-6-19(7-3-15)33-24(30)22(26)27)21(32)18(11-14)13-16-4-8-20(9-5-16)34-25(31)23(28)29/h2-9,12-14H,10-11H2,1H3/b17-12-,18-13+. The molecule has 34 heavy (non-hydrogen) atoms. The third-order valence-corrected chi connectivity index (χ3v) is 4.87. The predicted octanol–water partition coefficient (Wildman–Crippen LogP) is 7.98. The van der Waals surface area contributed by atoms with Gasteiger partial charge in [0.2, 0.25) is 0 Å². The lowest BCUT2D eigenvalue weighted by atomic mass is 9.81. The molecule has 0 amide bonds. The van der Waals surface area contributed by atoms with E-state index in [1.807, 2.05) is 6.92 Å². The Labute approximate surface area is 191 Å². The third kappa shape index (κ3) is 6.63. The number of ether oxygens (including phenoxy) is 2. The molecule has 1 saturated carbocycles. The van der Waals surface area contributed by atoms with E-state index in [0.29, 0.717) is 35.1 Å². The van der Waals surface area contributed by atoms with Crippen LogP contribution in [0.15, 0.2) is 83.9 Å². The van der Waals surface area contributed by atoms with Crippen LogP contribution in [0.5, 0.6) is 11.5 Å². The molecule has 0 heterocycles. The minimum absolute atomic E-state index is 0.117. The Morgan fingerprint density at radius 3 is 1.38 bits per heavy atom. The fourth-order valence-electron chi connectivity index (χ4n) is 3.41. The summed E-state index contributed by atoms with van der Waals surface area (Å²) in [5, 5.41) is 0. The van der Waals surface area contributed by atoms with Gasteiger partial charge < -0.3 is 9.47 Å². The smallest absolute Gasteiger partial charge is 0.344 e. The number of halogens is 6. The molecule has 1 atom stereocenters. The van der Waals surface area contributed by atoms with E-state index in [-0.39, 0.29) is 23.2 Å². The fourth-order valence-corrected chi connectivity index (χ4v) is 3.41. The summed E-state index contributed by atoms with van der Waals surface area (Å²) in [4.78, 5) is 13.0. The summed E-state index contributed by atoms with van der Waals surface area (Å²) in [6.45, 7) is 1.98. The van der Waals surface area contributed by atoms with Crippen LogP contribution in [-0.2, 0) is 4.79 Å². The van der Waals surface area contributed by atoms with Gasteiger partial charge in [-0.3, -0.25) is 4.79 Å². The summed E-state index contributed by atoms with van der Waals surface area (Å²) in [7, 11) is 0. The normalized spacial score (nSPS) is 18.1. The van der Waals surface area contributed by atoms with Gasteiger partial charge >= 0.3 is 24.2 Å². The van der Waals surface area contributed by atoms with Crippen molar-refractivity contribution in [3.8, 4) is 11.5 Å². The molecule has 2 aromatic rings. The lowest BCUT2D eigenvalue weighted by Gasteiger charge is -2.22. The highest BCUT2D eigenvalue weighted by molar-refractivity contribution is 6.14. The molecule has 3 nitrogen and oxygen atoms in total. The van der Waals surface area contributed by atoms with E-state index in [2.05, 4.69) is 9.47 Å². The van der Waals surface area contributed by atoms with Gasteiger partial charge in [0.25, 0.3) is 0 Å². The number of hydrogen-bond donors (Lipinski definition) is 0. The lowest BCUT2D eigenvalue weighted by molar-refractivity contribution is -0.113. The molecule has 1 fully saturated rings. The molecule has 0 bridgehead atoms. The van der Waals surface area contributed by atoms with Crippen molar-refractivity contribution in [3.05, 3.63) is 95.0 Å². The summed E-state index contributed by atoms with van der Waals surface area (Å²) in [5.74, 6) is -0.263. The van der Waals surface area contributed by atoms with Gasteiger partial charge in [-0.15, -0.1) is 0 Å². The molecule has 3 rings (SSSR count). The minimum atomic E-state index is -2.56. The first kappa shape index (κ1) is 24.9. The van der Waals surface area contributed by atoms with E-state index < -0.39 is 24.2 Å². The van der Waals surface area contributed by atoms with E-state index in [4.69, 9.17) is 0 Å². The van der Waals surface area contributed by atoms with Crippen LogP contribution >= 0.6 is 0 Å². The maximum absolute atomic E-state index is 13.0. The van der Waals surface area contributed by atoms with Gasteiger partial charge in [0, 0.05) is 11.1 Å². The van der Waals surface area contributed by atoms with Gasteiger partial charge in [-0.2, -0.15) is 26.3 Å². The van der Waals surface area contributed by atoms with Crippen molar-refractivity contribution in [1.82, 2.24) is 0 Å². The first-order valence-electron chi connectivity index (χ1n) is 10.1. The summed E-state index contributed by atoms with van der Waals surface area (Å²) in [6, 6.07) is 7.29. The van der Waals surface area contributed by atoms with E-state index in [0.717, 1.165) is 0 Å². The molecule has 0 saturated heterocycles. The molecular formula is C25H18F6O3. The molecule has 1 aliphatic carbocycles. The van der Waals surface area contributed by atoms with Crippen molar-refractivity contribution in [3.63, 3.8) is 0 Å². The van der Waals surface area contributed by atoms with Crippen LogP contribution in [-0.4, -0.2) is 5.78 Å². The first-order chi connectivity index (χ1) is 16.1. The molecule has 0 aliphatic heterocycles. The largest absolute Gasteiger partial charge is 0.428 e. The molecule has 0 radical (unpaired) electrons. The molecule has 1 aliphatic rings. The van der Waals surface area contributed by atoms with Crippen molar-refractivity contribution in [2.45, 2.75) is 19.8 Å². The maximum Gasteiger partial charge on any atom is 0.344 e. The predicted molar refractivity (Wildman–Crippen MR) is 114 cm³/mol. The highest BCUT2D eigenvalue weighted by Crippen LogP contribution is 2.33. The quantitative estimate of drug-likeness (QED) is 0.239. The summed E-state index contributed by atoms with van der Waals surface area (Å²) >= 11 is 0. The lowest BCUT2D eigenvalue weighted by Crippen LogP contribution is -2.18. The van der Waals surface area contributed by atoms with E-state index in [9.17, 15) is 31.1 Å².